The molecular weight excluding hydrogens is 246 g/mol. The molecule has 0 aromatic rings. The first-order valence-corrected chi connectivity index (χ1v) is 7.94. The van der Waals surface area contributed by atoms with Crippen molar-refractivity contribution in [2.45, 2.75) is 38.7 Å². The van der Waals surface area contributed by atoms with Crippen molar-refractivity contribution < 1.29 is 9.47 Å². The molecule has 1 atom stereocenters. The predicted octanol–water partition coefficient (Wildman–Crippen LogP) is 2.21. The van der Waals surface area contributed by atoms with Crippen LogP contribution in [0, 0.1) is 5.41 Å². The van der Waals surface area contributed by atoms with Crippen LogP contribution in [-0.2, 0) is 9.47 Å². The van der Waals surface area contributed by atoms with Gasteiger partial charge in [-0.3, -0.25) is 0 Å². The normalized spacial score (nSPS) is 30.0. The summed E-state index contributed by atoms with van der Waals surface area (Å²) in [6.45, 7) is 8.38. The molecule has 0 aliphatic carbocycles. The summed E-state index contributed by atoms with van der Waals surface area (Å²) in [4.78, 5) is 2.60. The van der Waals surface area contributed by atoms with Crippen LogP contribution < -0.4 is 0 Å². The van der Waals surface area contributed by atoms with Crippen molar-refractivity contribution in [3.63, 3.8) is 0 Å². The summed E-state index contributed by atoms with van der Waals surface area (Å²) >= 11 is 4.61. The molecule has 2 fully saturated rings. The zero-order valence-corrected chi connectivity index (χ0v) is 12.5. The van der Waals surface area contributed by atoms with Crippen molar-refractivity contribution in [1.29, 1.82) is 0 Å². The maximum Gasteiger partial charge on any atom is 0.0699 e. The van der Waals surface area contributed by atoms with Crippen molar-refractivity contribution in [1.82, 2.24) is 4.90 Å². The second-order valence-electron chi connectivity index (χ2n) is 5.76. The fraction of sp³-hybridized carbons (Fsp3) is 1.00. The second kappa shape index (κ2) is 7.13. The van der Waals surface area contributed by atoms with Gasteiger partial charge in [0.25, 0.3) is 0 Å². The number of rotatable bonds is 4. The maximum atomic E-state index is 5.85. The van der Waals surface area contributed by atoms with Crippen LogP contribution in [-0.4, -0.2) is 56.2 Å². The van der Waals surface area contributed by atoms with E-state index in [1.807, 2.05) is 0 Å². The van der Waals surface area contributed by atoms with E-state index < -0.39 is 0 Å². The first kappa shape index (κ1) is 14.6. The third-order valence-corrected chi connectivity index (χ3v) is 5.01. The largest absolute Gasteiger partial charge is 0.381 e. The zero-order chi connectivity index (χ0) is 12.8. The molecule has 2 aliphatic rings. The summed E-state index contributed by atoms with van der Waals surface area (Å²) in [5, 5.41) is 0. The van der Waals surface area contributed by atoms with Gasteiger partial charge in [0.15, 0.2) is 0 Å². The van der Waals surface area contributed by atoms with Crippen molar-refractivity contribution >= 4 is 12.6 Å². The SMILES string of the molecule is CCC1CN(CC2(CS)CCOCC2)CCCO1. The van der Waals surface area contributed by atoms with E-state index in [2.05, 4.69) is 24.5 Å². The molecule has 2 saturated heterocycles. The molecule has 0 saturated carbocycles. The number of hydrogen-bond acceptors (Lipinski definition) is 4. The van der Waals surface area contributed by atoms with E-state index in [1.54, 1.807) is 0 Å². The molecular formula is C14H27NO2S. The van der Waals surface area contributed by atoms with Gasteiger partial charge in [-0.05, 0) is 36.9 Å². The fourth-order valence-electron chi connectivity index (χ4n) is 3.01. The van der Waals surface area contributed by atoms with Crippen LogP contribution in [0.2, 0.25) is 0 Å². The van der Waals surface area contributed by atoms with Crippen LogP contribution in [0.25, 0.3) is 0 Å². The highest BCUT2D eigenvalue weighted by Crippen LogP contribution is 2.33. The zero-order valence-electron chi connectivity index (χ0n) is 11.6. The lowest BCUT2D eigenvalue weighted by atomic mass is 9.81. The molecule has 106 valence electrons. The van der Waals surface area contributed by atoms with Crippen molar-refractivity contribution in [3.05, 3.63) is 0 Å². The summed E-state index contributed by atoms with van der Waals surface area (Å²) in [7, 11) is 0. The van der Waals surface area contributed by atoms with Gasteiger partial charge < -0.3 is 14.4 Å². The lowest BCUT2D eigenvalue weighted by Gasteiger charge is -2.40. The quantitative estimate of drug-likeness (QED) is 0.794. The van der Waals surface area contributed by atoms with Crippen LogP contribution in [0.3, 0.4) is 0 Å². The number of ether oxygens (including phenoxy) is 2. The average molecular weight is 273 g/mol. The van der Waals surface area contributed by atoms with E-state index in [-0.39, 0.29) is 0 Å². The van der Waals surface area contributed by atoms with Crippen LogP contribution in [0.15, 0.2) is 0 Å². The van der Waals surface area contributed by atoms with Gasteiger partial charge in [0.1, 0.15) is 0 Å². The summed E-state index contributed by atoms with van der Waals surface area (Å²) in [5.74, 6) is 0.977. The Morgan fingerprint density at radius 2 is 2.06 bits per heavy atom. The van der Waals surface area contributed by atoms with Gasteiger partial charge in [0.2, 0.25) is 0 Å². The number of hydrogen-bond donors (Lipinski definition) is 1. The van der Waals surface area contributed by atoms with Crippen LogP contribution in [0.1, 0.15) is 32.6 Å². The minimum absolute atomic E-state index is 0.365. The molecule has 0 spiro atoms. The summed E-state index contributed by atoms with van der Waals surface area (Å²) in [5.41, 5.74) is 0.365. The lowest BCUT2D eigenvalue weighted by molar-refractivity contribution is 0.000442. The number of nitrogens with zero attached hydrogens (tertiary/aromatic N) is 1. The smallest absolute Gasteiger partial charge is 0.0699 e. The van der Waals surface area contributed by atoms with Gasteiger partial charge in [-0.2, -0.15) is 12.6 Å². The van der Waals surface area contributed by atoms with Gasteiger partial charge in [-0.15, -0.1) is 0 Å². The molecule has 18 heavy (non-hydrogen) atoms. The number of thiol groups is 1. The third kappa shape index (κ3) is 3.86. The van der Waals surface area contributed by atoms with E-state index in [1.165, 1.54) is 13.1 Å². The molecule has 0 aromatic carbocycles. The molecule has 3 nitrogen and oxygen atoms in total. The van der Waals surface area contributed by atoms with Crippen LogP contribution in [0.5, 0.6) is 0 Å². The Bertz CT molecular complexity index is 244. The molecule has 2 heterocycles. The van der Waals surface area contributed by atoms with Crippen molar-refractivity contribution in [3.8, 4) is 0 Å². The Morgan fingerprint density at radius 3 is 2.72 bits per heavy atom. The second-order valence-corrected chi connectivity index (χ2v) is 6.08. The van der Waals surface area contributed by atoms with E-state index in [0.717, 1.165) is 57.8 Å². The predicted molar refractivity (Wildman–Crippen MR) is 77.4 cm³/mol. The Balaban J connectivity index is 1.92. The lowest BCUT2D eigenvalue weighted by Crippen LogP contribution is -2.44. The Morgan fingerprint density at radius 1 is 1.28 bits per heavy atom. The van der Waals surface area contributed by atoms with Crippen molar-refractivity contribution in [2.75, 3.05) is 45.2 Å². The summed E-state index contributed by atoms with van der Waals surface area (Å²) in [6, 6.07) is 0. The van der Waals surface area contributed by atoms with Gasteiger partial charge in [0, 0.05) is 39.5 Å². The summed E-state index contributed by atoms with van der Waals surface area (Å²) in [6.07, 6.45) is 5.02. The molecule has 2 aliphatic heterocycles. The highest BCUT2D eigenvalue weighted by Gasteiger charge is 2.34. The highest BCUT2D eigenvalue weighted by atomic mass is 32.1. The van der Waals surface area contributed by atoms with Crippen LogP contribution in [0.4, 0.5) is 0 Å². The minimum Gasteiger partial charge on any atom is -0.381 e. The highest BCUT2D eigenvalue weighted by molar-refractivity contribution is 7.80. The Kier molecular flexibility index (Phi) is 5.80. The average Bonchev–Trinajstić information content (AvgIpc) is 2.65. The molecule has 1 unspecified atom stereocenters. The standard InChI is InChI=1S/C14H27NO2S/c1-2-13-10-15(6-3-7-17-13)11-14(12-18)4-8-16-9-5-14/h13,18H,2-12H2,1H3. The third-order valence-electron chi connectivity index (χ3n) is 4.34. The molecule has 4 heteroatoms. The Labute approximate surface area is 117 Å². The minimum atomic E-state index is 0.365. The molecule has 0 aromatic heterocycles. The Hall–Kier alpha value is 0.230. The van der Waals surface area contributed by atoms with Crippen LogP contribution >= 0.6 is 12.6 Å². The first-order valence-electron chi connectivity index (χ1n) is 7.30. The van der Waals surface area contributed by atoms with Gasteiger partial charge in [-0.1, -0.05) is 6.92 Å². The first-order chi connectivity index (χ1) is 8.78. The van der Waals surface area contributed by atoms with E-state index >= 15 is 0 Å². The molecule has 0 N–H and O–H groups in total. The van der Waals surface area contributed by atoms with Gasteiger partial charge in [-0.25, -0.2) is 0 Å². The summed E-state index contributed by atoms with van der Waals surface area (Å²) < 4.78 is 11.4. The van der Waals surface area contributed by atoms with E-state index in [4.69, 9.17) is 9.47 Å². The molecule has 0 radical (unpaired) electrons. The fourth-order valence-corrected chi connectivity index (χ4v) is 3.42. The molecule has 2 rings (SSSR count). The molecule has 0 amide bonds. The topological polar surface area (TPSA) is 21.7 Å². The molecule has 0 bridgehead atoms. The maximum absolute atomic E-state index is 5.85. The van der Waals surface area contributed by atoms with Crippen molar-refractivity contribution in [2.24, 2.45) is 5.41 Å². The van der Waals surface area contributed by atoms with Gasteiger partial charge in [0.05, 0.1) is 6.10 Å². The van der Waals surface area contributed by atoms with E-state index in [9.17, 15) is 0 Å². The monoisotopic (exact) mass is 273 g/mol. The van der Waals surface area contributed by atoms with Gasteiger partial charge >= 0.3 is 0 Å². The van der Waals surface area contributed by atoms with E-state index in [0.29, 0.717) is 11.5 Å².